The van der Waals surface area contributed by atoms with Gasteiger partial charge in [0.1, 0.15) is 17.4 Å². The molecule has 1 saturated heterocycles. The van der Waals surface area contributed by atoms with Gasteiger partial charge in [-0.3, -0.25) is 4.90 Å². The van der Waals surface area contributed by atoms with Gasteiger partial charge in [-0.2, -0.15) is 0 Å². The normalized spacial score (nSPS) is 17.0. The van der Waals surface area contributed by atoms with Gasteiger partial charge in [0.2, 0.25) is 0 Å². The standard InChI is InChI=1S/C15H15BrF2N2O.ClH/c16-10-3-4-11(17)13(14(10)18)15(12-2-1-9-21-12)20-7-5-19-6-8-20;/h1-4,9,15,19H,5-8H2;1H/t15-;/m0./s1. The molecule has 0 bridgehead atoms. The molecule has 0 unspecified atom stereocenters. The fraction of sp³-hybridized carbons (Fsp3) is 0.333. The zero-order chi connectivity index (χ0) is 14.8. The molecule has 3 rings (SSSR count). The van der Waals surface area contributed by atoms with Crippen molar-refractivity contribution in [3.8, 4) is 0 Å². The summed E-state index contributed by atoms with van der Waals surface area (Å²) in [6, 6.07) is 5.59. The fourth-order valence-electron chi connectivity index (χ4n) is 2.69. The van der Waals surface area contributed by atoms with Gasteiger partial charge in [-0.25, -0.2) is 8.78 Å². The first-order chi connectivity index (χ1) is 10.2. The largest absolute Gasteiger partial charge is 0.467 e. The van der Waals surface area contributed by atoms with E-state index < -0.39 is 17.7 Å². The average molecular weight is 394 g/mol. The van der Waals surface area contributed by atoms with Gasteiger partial charge < -0.3 is 9.73 Å². The van der Waals surface area contributed by atoms with Crippen LogP contribution in [0.25, 0.3) is 0 Å². The molecular weight excluding hydrogens is 378 g/mol. The molecule has 0 amide bonds. The number of furan rings is 1. The number of rotatable bonds is 3. The molecule has 1 atom stereocenters. The molecule has 7 heteroatoms. The molecular formula is C15H16BrClF2N2O. The van der Waals surface area contributed by atoms with E-state index in [1.54, 1.807) is 12.1 Å². The molecule has 2 aromatic rings. The summed E-state index contributed by atoms with van der Waals surface area (Å²) in [5.74, 6) is -0.585. The van der Waals surface area contributed by atoms with Crippen LogP contribution in [0.15, 0.2) is 39.4 Å². The number of hydrogen-bond donors (Lipinski definition) is 1. The molecule has 0 spiro atoms. The van der Waals surface area contributed by atoms with Crippen molar-refractivity contribution in [3.63, 3.8) is 0 Å². The van der Waals surface area contributed by atoms with E-state index in [2.05, 4.69) is 21.2 Å². The quantitative estimate of drug-likeness (QED) is 0.806. The molecule has 22 heavy (non-hydrogen) atoms. The maximum absolute atomic E-state index is 14.5. The average Bonchev–Trinajstić information content (AvgIpc) is 3.02. The monoisotopic (exact) mass is 392 g/mol. The Morgan fingerprint density at radius 1 is 1.18 bits per heavy atom. The third-order valence-corrected chi connectivity index (χ3v) is 4.29. The fourth-order valence-corrected chi connectivity index (χ4v) is 3.03. The van der Waals surface area contributed by atoms with Gasteiger partial charge in [0.05, 0.1) is 16.8 Å². The molecule has 1 aliphatic heterocycles. The van der Waals surface area contributed by atoms with Crippen LogP contribution in [-0.4, -0.2) is 31.1 Å². The Labute approximate surface area is 142 Å². The Hall–Kier alpha value is -0.950. The van der Waals surface area contributed by atoms with Crippen molar-refractivity contribution in [1.82, 2.24) is 10.2 Å². The number of nitrogens with one attached hydrogen (secondary N) is 1. The molecule has 0 aliphatic carbocycles. The Morgan fingerprint density at radius 2 is 1.91 bits per heavy atom. The van der Waals surface area contributed by atoms with Crippen LogP contribution in [0.3, 0.4) is 0 Å². The smallest absolute Gasteiger partial charge is 0.145 e. The first-order valence-corrected chi connectivity index (χ1v) is 7.59. The van der Waals surface area contributed by atoms with Gasteiger partial charge in [0.25, 0.3) is 0 Å². The van der Waals surface area contributed by atoms with E-state index in [1.807, 2.05) is 4.90 Å². The van der Waals surface area contributed by atoms with Crippen LogP contribution in [-0.2, 0) is 0 Å². The summed E-state index contributed by atoms with van der Waals surface area (Å²) in [4.78, 5) is 2.03. The lowest BCUT2D eigenvalue weighted by molar-refractivity contribution is 0.173. The Balaban J connectivity index is 0.00000176. The van der Waals surface area contributed by atoms with Gasteiger partial charge in [0.15, 0.2) is 0 Å². The molecule has 1 aromatic heterocycles. The van der Waals surface area contributed by atoms with Crippen molar-refractivity contribution >= 4 is 28.3 Å². The van der Waals surface area contributed by atoms with E-state index in [9.17, 15) is 8.78 Å². The van der Waals surface area contributed by atoms with Crippen LogP contribution < -0.4 is 5.32 Å². The van der Waals surface area contributed by atoms with Crippen molar-refractivity contribution in [1.29, 1.82) is 0 Å². The molecule has 2 heterocycles. The lowest BCUT2D eigenvalue weighted by atomic mass is 10.0. The second-order valence-corrected chi connectivity index (χ2v) is 5.82. The Morgan fingerprint density at radius 3 is 2.55 bits per heavy atom. The zero-order valence-electron chi connectivity index (χ0n) is 11.7. The lowest BCUT2D eigenvalue weighted by Gasteiger charge is -2.34. The van der Waals surface area contributed by atoms with Crippen LogP contribution in [0.1, 0.15) is 17.4 Å². The number of nitrogens with zero attached hydrogens (tertiary/aromatic N) is 1. The summed E-state index contributed by atoms with van der Waals surface area (Å²) in [7, 11) is 0. The van der Waals surface area contributed by atoms with Crippen LogP contribution in [0, 0.1) is 11.6 Å². The molecule has 1 aliphatic rings. The second kappa shape index (κ2) is 7.55. The second-order valence-electron chi connectivity index (χ2n) is 4.96. The van der Waals surface area contributed by atoms with E-state index in [1.165, 1.54) is 18.4 Å². The summed E-state index contributed by atoms with van der Waals surface area (Å²) >= 11 is 3.13. The first-order valence-electron chi connectivity index (χ1n) is 6.80. The minimum absolute atomic E-state index is 0. The Kier molecular flexibility index (Phi) is 5.97. The summed E-state index contributed by atoms with van der Waals surface area (Å²) in [6.07, 6.45) is 1.53. The van der Waals surface area contributed by atoms with E-state index in [-0.39, 0.29) is 22.4 Å². The topological polar surface area (TPSA) is 28.4 Å². The van der Waals surface area contributed by atoms with E-state index in [0.29, 0.717) is 18.8 Å². The minimum Gasteiger partial charge on any atom is -0.467 e. The highest BCUT2D eigenvalue weighted by Gasteiger charge is 2.31. The highest BCUT2D eigenvalue weighted by Crippen LogP contribution is 2.35. The molecule has 1 N–H and O–H groups in total. The van der Waals surface area contributed by atoms with Crippen LogP contribution in [0.5, 0.6) is 0 Å². The summed E-state index contributed by atoms with van der Waals surface area (Å²) in [6.45, 7) is 2.98. The zero-order valence-corrected chi connectivity index (χ0v) is 14.1. The van der Waals surface area contributed by atoms with Crippen LogP contribution in [0.2, 0.25) is 0 Å². The van der Waals surface area contributed by atoms with E-state index in [0.717, 1.165) is 13.1 Å². The highest BCUT2D eigenvalue weighted by atomic mass is 79.9. The van der Waals surface area contributed by atoms with Gasteiger partial charge in [0, 0.05) is 31.7 Å². The van der Waals surface area contributed by atoms with E-state index in [4.69, 9.17) is 4.42 Å². The van der Waals surface area contributed by atoms with E-state index >= 15 is 0 Å². The van der Waals surface area contributed by atoms with Crippen molar-refractivity contribution in [2.75, 3.05) is 26.2 Å². The Bertz CT molecular complexity index is 618. The maximum atomic E-state index is 14.5. The molecule has 0 radical (unpaired) electrons. The lowest BCUT2D eigenvalue weighted by Crippen LogP contribution is -2.45. The van der Waals surface area contributed by atoms with Crippen molar-refractivity contribution in [3.05, 3.63) is 58.0 Å². The number of hydrogen-bond acceptors (Lipinski definition) is 3. The van der Waals surface area contributed by atoms with Gasteiger partial charge in [-0.05, 0) is 40.2 Å². The predicted octanol–water partition coefficient (Wildman–Crippen LogP) is 3.74. The number of piperazine rings is 1. The van der Waals surface area contributed by atoms with Crippen LogP contribution in [0.4, 0.5) is 8.78 Å². The highest BCUT2D eigenvalue weighted by molar-refractivity contribution is 9.10. The van der Waals surface area contributed by atoms with Crippen molar-refractivity contribution in [2.24, 2.45) is 0 Å². The summed E-state index contributed by atoms with van der Waals surface area (Å²) in [5.41, 5.74) is 0.0289. The summed E-state index contributed by atoms with van der Waals surface area (Å²) < 4.78 is 34.5. The molecule has 1 aromatic carbocycles. The molecule has 0 saturated carbocycles. The SMILES string of the molecule is Cl.Fc1ccc(Br)c(F)c1[C@H](c1ccco1)N1CCNCC1. The first kappa shape index (κ1) is 17.4. The summed E-state index contributed by atoms with van der Waals surface area (Å²) in [5, 5.41) is 3.24. The molecule has 1 fully saturated rings. The predicted molar refractivity (Wildman–Crippen MR) is 86.3 cm³/mol. The van der Waals surface area contributed by atoms with Gasteiger partial charge >= 0.3 is 0 Å². The van der Waals surface area contributed by atoms with Crippen LogP contribution >= 0.6 is 28.3 Å². The maximum Gasteiger partial charge on any atom is 0.145 e. The number of halogens is 4. The number of benzene rings is 1. The molecule has 3 nitrogen and oxygen atoms in total. The van der Waals surface area contributed by atoms with Gasteiger partial charge in [-0.15, -0.1) is 12.4 Å². The van der Waals surface area contributed by atoms with Crippen molar-refractivity contribution < 1.29 is 13.2 Å². The van der Waals surface area contributed by atoms with Gasteiger partial charge in [-0.1, -0.05) is 0 Å². The molecule has 120 valence electrons. The van der Waals surface area contributed by atoms with Crippen molar-refractivity contribution in [2.45, 2.75) is 6.04 Å². The minimum atomic E-state index is -0.574. The third kappa shape index (κ3) is 3.35. The third-order valence-electron chi connectivity index (χ3n) is 3.68.